The van der Waals surface area contributed by atoms with Gasteiger partial charge in [-0.2, -0.15) is 0 Å². The Morgan fingerprint density at radius 3 is 2.54 bits per heavy atom. The van der Waals surface area contributed by atoms with Gasteiger partial charge in [0.2, 0.25) is 0 Å². The Kier molecular flexibility index (Phi) is 4.22. The molecule has 1 fully saturated rings. The first-order valence-corrected chi connectivity index (χ1v) is 5.03. The van der Waals surface area contributed by atoms with Crippen molar-refractivity contribution in [1.82, 2.24) is 0 Å². The van der Waals surface area contributed by atoms with E-state index in [4.69, 9.17) is 9.94 Å². The molecule has 0 aromatic rings. The minimum atomic E-state index is 0.382. The second kappa shape index (κ2) is 5.22. The molecule has 0 atom stereocenters. The Hall–Kier alpha value is -0.570. The number of ether oxygens (including phenoxy) is 1. The third kappa shape index (κ3) is 3.77. The smallest absolute Gasteiger partial charge is 0.0582 e. The van der Waals surface area contributed by atoms with Crippen molar-refractivity contribution in [3.63, 3.8) is 0 Å². The number of hydrogen-bond acceptors (Lipinski definition) is 3. The zero-order valence-corrected chi connectivity index (χ0v) is 8.49. The summed E-state index contributed by atoms with van der Waals surface area (Å²) < 4.78 is 5.70. The van der Waals surface area contributed by atoms with Crippen LogP contribution in [0.15, 0.2) is 5.16 Å². The van der Waals surface area contributed by atoms with Gasteiger partial charge >= 0.3 is 0 Å². The number of nitrogens with zero attached hydrogens (tertiary/aromatic N) is 1. The summed E-state index contributed by atoms with van der Waals surface area (Å²) in [6.07, 6.45) is 4.17. The Bertz CT molecular complexity index is 168. The fourth-order valence-corrected chi connectivity index (χ4v) is 1.52. The molecule has 0 aromatic carbocycles. The highest BCUT2D eigenvalue weighted by Crippen LogP contribution is 2.19. The predicted molar refractivity (Wildman–Crippen MR) is 52.3 cm³/mol. The van der Waals surface area contributed by atoms with E-state index in [1.807, 2.05) is 0 Å². The number of oxime groups is 1. The maximum Gasteiger partial charge on any atom is 0.0582 e. The van der Waals surface area contributed by atoms with Crippen molar-refractivity contribution in [2.75, 3.05) is 6.61 Å². The van der Waals surface area contributed by atoms with E-state index < -0.39 is 0 Å². The molecule has 1 rings (SSSR count). The van der Waals surface area contributed by atoms with E-state index in [-0.39, 0.29) is 0 Å². The van der Waals surface area contributed by atoms with Gasteiger partial charge in [-0.3, -0.25) is 0 Å². The van der Waals surface area contributed by atoms with Crippen LogP contribution in [-0.2, 0) is 4.74 Å². The molecule has 1 N–H and O–H groups in total. The van der Waals surface area contributed by atoms with Gasteiger partial charge in [0, 0.05) is 6.61 Å². The average molecular weight is 185 g/mol. The molecule has 13 heavy (non-hydrogen) atoms. The van der Waals surface area contributed by atoms with Crippen molar-refractivity contribution < 1.29 is 9.94 Å². The SMILES string of the molecule is CC(C)COC1CCC(=NO)CC1. The summed E-state index contributed by atoms with van der Waals surface area (Å²) in [5.74, 6) is 0.605. The predicted octanol–water partition coefficient (Wildman–Crippen LogP) is 2.43. The van der Waals surface area contributed by atoms with E-state index in [1.54, 1.807) is 0 Å². The van der Waals surface area contributed by atoms with Crippen molar-refractivity contribution >= 4 is 5.71 Å². The van der Waals surface area contributed by atoms with Crippen molar-refractivity contribution in [2.24, 2.45) is 11.1 Å². The van der Waals surface area contributed by atoms with E-state index in [0.29, 0.717) is 12.0 Å². The third-order valence-corrected chi connectivity index (χ3v) is 2.32. The van der Waals surface area contributed by atoms with E-state index in [9.17, 15) is 0 Å². The van der Waals surface area contributed by atoms with Crippen molar-refractivity contribution in [3.05, 3.63) is 0 Å². The molecule has 0 radical (unpaired) electrons. The summed E-state index contributed by atoms with van der Waals surface area (Å²) in [6.45, 7) is 5.16. The number of hydrogen-bond donors (Lipinski definition) is 1. The fourth-order valence-electron chi connectivity index (χ4n) is 1.52. The molecule has 0 spiro atoms. The lowest BCUT2D eigenvalue weighted by molar-refractivity contribution is 0.0239. The summed E-state index contributed by atoms with van der Waals surface area (Å²) in [5, 5.41) is 11.8. The topological polar surface area (TPSA) is 41.8 Å². The van der Waals surface area contributed by atoms with Crippen molar-refractivity contribution in [2.45, 2.75) is 45.6 Å². The quantitative estimate of drug-likeness (QED) is 0.542. The zero-order chi connectivity index (χ0) is 9.68. The van der Waals surface area contributed by atoms with Gasteiger partial charge in [-0.25, -0.2) is 0 Å². The largest absolute Gasteiger partial charge is 0.411 e. The Labute approximate surface area is 79.8 Å². The van der Waals surface area contributed by atoms with Crippen LogP contribution in [0.2, 0.25) is 0 Å². The Morgan fingerprint density at radius 1 is 1.46 bits per heavy atom. The standard InChI is InChI=1S/C10H19NO2/c1-8(2)7-13-10-5-3-9(11-12)4-6-10/h8,10,12H,3-7H2,1-2H3. The van der Waals surface area contributed by atoms with Crippen LogP contribution < -0.4 is 0 Å². The van der Waals surface area contributed by atoms with Gasteiger partial charge < -0.3 is 9.94 Å². The lowest BCUT2D eigenvalue weighted by atomic mass is 9.96. The van der Waals surface area contributed by atoms with E-state index in [1.165, 1.54) is 0 Å². The summed E-state index contributed by atoms with van der Waals surface area (Å²) in [6, 6.07) is 0. The second-order valence-corrected chi connectivity index (χ2v) is 4.09. The lowest BCUT2D eigenvalue weighted by Gasteiger charge is -2.23. The number of rotatable bonds is 3. The molecule has 0 unspecified atom stereocenters. The van der Waals surface area contributed by atoms with Gasteiger partial charge in [0.25, 0.3) is 0 Å². The molecule has 1 saturated carbocycles. The van der Waals surface area contributed by atoms with Gasteiger partial charge in [0.05, 0.1) is 11.8 Å². The van der Waals surface area contributed by atoms with Gasteiger partial charge in [-0.15, -0.1) is 0 Å². The minimum absolute atomic E-state index is 0.382. The molecule has 3 nitrogen and oxygen atoms in total. The Morgan fingerprint density at radius 2 is 2.08 bits per heavy atom. The molecule has 0 bridgehead atoms. The van der Waals surface area contributed by atoms with E-state index >= 15 is 0 Å². The molecule has 76 valence electrons. The third-order valence-electron chi connectivity index (χ3n) is 2.32. The molecular weight excluding hydrogens is 166 g/mol. The molecule has 0 heterocycles. The van der Waals surface area contributed by atoms with Crippen LogP contribution in [0.1, 0.15) is 39.5 Å². The summed E-state index contributed by atoms with van der Waals surface area (Å²) in [5.41, 5.74) is 0.921. The van der Waals surface area contributed by atoms with Crippen LogP contribution in [-0.4, -0.2) is 23.6 Å². The zero-order valence-electron chi connectivity index (χ0n) is 8.49. The first-order chi connectivity index (χ1) is 6.22. The fraction of sp³-hybridized carbons (Fsp3) is 0.900. The summed E-state index contributed by atoms with van der Waals surface area (Å²) >= 11 is 0. The molecule has 0 saturated heterocycles. The highest BCUT2D eigenvalue weighted by atomic mass is 16.5. The minimum Gasteiger partial charge on any atom is -0.411 e. The van der Waals surface area contributed by atoms with Crippen LogP contribution in [0.5, 0.6) is 0 Å². The normalized spacial score (nSPS) is 23.6. The van der Waals surface area contributed by atoms with Gasteiger partial charge in [-0.05, 0) is 31.6 Å². The first kappa shape index (κ1) is 10.5. The average Bonchev–Trinajstić information content (AvgIpc) is 2.15. The van der Waals surface area contributed by atoms with Gasteiger partial charge in [-0.1, -0.05) is 19.0 Å². The van der Waals surface area contributed by atoms with Gasteiger partial charge in [0.1, 0.15) is 0 Å². The second-order valence-electron chi connectivity index (χ2n) is 4.09. The molecule has 1 aliphatic carbocycles. The maximum atomic E-state index is 8.54. The Balaban J connectivity index is 2.18. The molecular formula is C10H19NO2. The van der Waals surface area contributed by atoms with E-state index in [0.717, 1.165) is 38.0 Å². The van der Waals surface area contributed by atoms with Crippen LogP contribution in [0.4, 0.5) is 0 Å². The van der Waals surface area contributed by atoms with Crippen LogP contribution in [0, 0.1) is 5.92 Å². The molecule has 3 heteroatoms. The molecule has 0 aromatic heterocycles. The van der Waals surface area contributed by atoms with E-state index in [2.05, 4.69) is 19.0 Å². The van der Waals surface area contributed by atoms with Gasteiger partial charge in [0.15, 0.2) is 0 Å². The van der Waals surface area contributed by atoms with Crippen LogP contribution in [0.3, 0.4) is 0 Å². The van der Waals surface area contributed by atoms with Crippen LogP contribution in [0.25, 0.3) is 0 Å². The summed E-state index contributed by atoms with van der Waals surface area (Å²) in [4.78, 5) is 0. The highest BCUT2D eigenvalue weighted by Gasteiger charge is 2.18. The van der Waals surface area contributed by atoms with Crippen LogP contribution >= 0.6 is 0 Å². The van der Waals surface area contributed by atoms with Crippen molar-refractivity contribution in [3.8, 4) is 0 Å². The lowest BCUT2D eigenvalue weighted by Crippen LogP contribution is -2.23. The monoisotopic (exact) mass is 185 g/mol. The first-order valence-electron chi connectivity index (χ1n) is 5.03. The highest BCUT2D eigenvalue weighted by molar-refractivity contribution is 5.84. The molecule has 0 aliphatic heterocycles. The molecule has 1 aliphatic rings. The molecule has 0 amide bonds. The maximum absolute atomic E-state index is 8.54. The summed E-state index contributed by atoms with van der Waals surface area (Å²) in [7, 11) is 0. The van der Waals surface area contributed by atoms with Crippen molar-refractivity contribution in [1.29, 1.82) is 0 Å².